The lowest BCUT2D eigenvalue weighted by Gasteiger charge is -2.19. The van der Waals surface area contributed by atoms with Crippen molar-refractivity contribution in [2.75, 3.05) is 13.1 Å². The Hall–Kier alpha value is -2.08. The molecule has 1 rings (SSSR count). The minimum absolute atomic E-state index is 0.189. The van der Waals surface area contributed by atoms with Crippen molar-refractivity contribution < 1.29 is 14.6 Å². The molecule has 0 atom stereocenters. The summed E-state index contributed by atoms with van der Waals surface area (Å²) in [5.41, 5.74) is 1.00. The number of carbonyl (C=O) groups is 1. The lowest BCUT2D eigenvalue weighted by Crippen LogP contribution is -2.32. The monoisotopic (exact) mass is 307 g/mol. The van der Waals surface area contributed by atoms with Gasteiger partial charge in [0.1, 0.15) is 11.4 Å². The van der Waals surface area contributed by atoms with Gasteiger partial charge < -0.3 is 20.5 Å². The Balaban J connectivity index is 2.19. The number of pyridine rings is 1. The molecular formula is C16H25N3O3. The number of ether oxygens (including phenoxy) is 1. The summed E-state index contributed by atoms with van der Waals surface area (Å²) in [6, 6.07) is 3.40. The summed E-state index contributed by atoms with van der Waals surface area (Å²) in [6.45, 7) is 8.85. The number of nitrogens with one attached hydrogen (secondary N) is 2. The third kappa shape index (κ3) is 7.64. The highest BCUT2D eigenvalue weighted by atomic mass is 16.6. The number of hydrogen-bond donors (Lipinski definition) is 3. The lowest BCUT2D eigenvalue weighted by molar-refractivity contribution is 0.0534. The van der Waals surface area contributed by atoms with Gasteiger partial charge in [0.15, 0.2) is 0 Å². The van der Waals surface area contributed by atoms with Gasteiger partial charge in [-0.05, 0) is 39.8 Å². The molecule has 6 nitrogen and oxygen atoms in total. The minimum atomic E-state index is -0.488. The van der Waals surface area contributed by atoms with Gasteiger partial charge in [-0.3, -0.25) is 4.98 Å². The predicted octanol–water partition coefficient (Wildman–Crippen LogP) is 2.27. The highest BCUT2D eigenvalue weighted by Crippen LogP contribution is 2.13. The third-order valence-electron chi connectivity index (χ3n) is 2.57. The minimum Gasteiger partial charge on any atom is -0.506 e. The van der Waals surface area contributed by atoms with Crippen LogP contribution in [0.1, 0.15) is 32.2 Å². The van der Waals surface area contributed by atoms with Crippen LogP contribution < -0.4 is 10.6 Å². The van der Waals surface area contributed by atoms with E-state index >= 15 is 0 Å². The smallest absolute Gasteiger partial charge is 0.407 e. The van der Waals surface area contributed by atoms with Gasteiger partial charge in [-0.1, -0.05) is 12.2 Å². The Morgan fingerprint density at radius 3 is 2.68 bits per heavy atom. The van der Waals surface area contributed by atoms with Crippen LogP contribution in [0.25, 0.3) is 0 Å². The van der Waals surface area contributed by atoms with Crippen LogP contribution in [-0.2, 0) is 11.3 Å². The fourth-order valence-electron chi connectivity index (χ4n) is 1.63. The van der Waals surface area contributed by atoms with E-state index in [1.165, 1.54) is 0 Å². The molecule has 0 saturated carbocycles. The van der Waals surface area contributed by atoms with Crippen LogP contribution in [0.3, 0.4) is 0 Å². The van der Waals surface area contributed by atoms with E-state index < -0.39 is 11.7 Å². The number of aromatic nitrogens is 1. The molecule has 1 aromatic rings. The van der Waals surface area contributed by atoms with E-state index in [9.17, 15) is 9.90 Å². The van der Waals surface area contributed by atoms with Crippen LogP contribution >= 0.6 is 0 Å². The molecule has 0 unspecified atom stereocenters. The van der Waals surface area contributed by atoms with Gasteiger partial charge in [0.25, 0.3) is 0 Å². The molecular weight excluding hydrogens is 282 g/mol. The maximum absolute atomic E-state index is 11.4. The van der Waals surface area contributed by atoms with Gasteiger partial charge in [-0.25, -0.2) is 4.79 Å². The zero-order valence-corrected chi connectivity index (χ0v) is 13.6. The van der Waals surface area contributed by atoms with E-state index in [1.54, 1.807) is 12.1 Å². The highest BCUT2D eigenvalue weighted by Gasteiger charge is 2.14. The second kappa shape index (κ2) is 8.38. The average molecular weight is 307 g/mol. The Kier molecular flexibility index (Phi) is 6.85. The molecule has 0 fully saturated rings. The van der Waals surface area contributed by atoms with Crippen molar-refractivity contribution in [3.63, 3.8) is 0 Å². The van der Waals surface area contributed by atoms with Crippen LogP contribution in [-0.4, -0.2) is 34.9 Å². The summed E-state index contributed by atoms with van der Waals surface area (Å²) in [5.74, 6) is 0.189. The number of aryl methyl sites for hydroxylation is 1. The van der Waals surface area contributed by atoms with E-state index in [0.29, 0.717) is 25.3 Å². The van der Waals surface area contributed by atoms with Crippen molar-refractivity contribution in [3.8, 4) is 5.75 Å². The SMILES string of the molecule is Cc1ccc(O)c(CNC/C=C/CNC(=O)OC(C)(C)C)n1. The fourth-order valence-corrected chi connectivity index (χ4v) is 1.63. The van der Waals surface area contributed by atoms with Gasteiger partial charge in [-0.15, -0.1) is 0 Å². The zero-order chi connectivity index (χ0) is 16.6. The molecule has 1 amide bonds. The summed E-state index contributed by atoms with van der Waals surface area (Å²) in [6.07, 6.45) is 3.30. The normalized spacial score (nSPS) is 11.6. The number of hydrogen-bond acceptors (Lipinski definition) is 5. The molecule has 0 aliphatic heterocycles. The molecule has 1 heterocycles. The first-order valence-electron chi connectivity index (χ1n) is 7.26. The first kappa shape index (κ1) is 18.0. The van der Waals surface area contributed by atoms with E-state index in [1.807, 2.05) is 39.8 Å². The second-order valence-corrected chi connectivity index (χ2v) is 5.90. The molecule has 3 N–H and O–H groups in total. The Morgan fingerprint density at radius 1 is 1.32 bits per heavy atom. The van der Waals surface area contributed by atoms with E-state index in [4.69, 9.17) is 4.74 Å². The van der Waals surface area contributed by atoms with Crippen molar-refractivity contribution in [1.82, 2.24) is 15.6 Å². The van der Waals surface area contributed by atoms with Crippen LogP contribution in [0.15, 0.2) is 24.3 Å². The molecule has 0 aliphatic carbocycles. The molecule has 6 heteroatoms. The Bertz CT molecular complexity index is 522. The molecule has 0 spiro atoms. The summed E-state index contributed by atoms with van der Waals surface area (Å²) >= 11 is 0. The van der Waals surface area contributed by atoms with Crippen molar-refractivity contribution in [2.24, 2.45) is 0 Å². The highest BCUT2D eigenvalue weighted by molar-refractivity contribution is 5.67. The average Bonchev–Trinajstić information content (AvgIpc) is 2.39. The van der Waals surface area contributed by atoms with Gasteiger partial charge in [0.2, 0.25) is 0 Å². The lowest BCUT2D eigenvalue weighted by atomic mass is 10.2. The number of aromatic hydroxyl groups is 1. The number of alkyl carbamates (subject to hydrolysis) is 1. The quantitative estimate of drug-likeness (QED) is 0.554. The van der Waals surface area contributed by atoms with Gasteiger partial charge in [0, 0.05) is 25.3 Å². The molecule has 0 aliphatic rings. The maximum Gasteiger partial charge on any atom is 0.407 e. The standard InChI is InChI=1S/C16H25N3O3/c1-12-7-8-14(20)13(19-12)11-17-9-5-6-10-18-15(21)22-16(2,3)4/h5-8,17,20H,9-11H2,1-4H3,(H,18,21)/b6-5+. The topological polar surface area (TPSA) is 83.5 Å². The van der Waals surface area contributed by atoms with Crippen LogP contribution in [0.5, 0.6) is 5.75 Å². The Morgan fingerprint density at radius 2 is 2.00 bits per heavy atom. The van der Waals surface area contributed by atoms with Crippen molar-refractivity contribution in [3.05, 3.63) is 35.7 Å². The fraction of sp³-hybridized carbons (Fsp3) is 0.500. The number of amides is 1. The van der Waals surface area contributed by atoms with E-state index in [-0.39, 0.29) is 5.75 Å². The first-order valence-corrected chi connectivity index (χ1v) is 7.26. The van der Waals surface area contributed by atoms with E-state index in [2.05, 4.69) is 15.6 Å². The van der Waals surface area contributed by atoms with E-state index in [0.717, 1.165) is 5.69 Å². The summed E-state index contributed by atoms with van der Waals surface area (Å²) in [4.78, 5) is 15.6. The molecule has 0 saturated heterocycles. The van der Waals surface area contributed by atoms with Crippen molar-refractivity contribution in [1.29, 1.82) is 0 Å². The second-order valence-electron chi connectivity index (χ2n) is 5.90. The third-order valence-corrected chi connectivity index (χ3v) is 2.57. The first-order chi connectivity index (χ1) is 10.3. The van der Waals surface area contributed by atoms with Crippen LogP contribution in [0, 0.1) is 6.92 Å². The number of carbonyl (C=O) groups excluding carboxylic acids is 1. The molecule has 22 heavy (non-hydrogen) atoms. The van der Waals surface area contributed by atoms with Crippen LogP contribution in [0.2, 0.25) is 0 Å². The zero-order valence-electron chi connectivity index (χ0n) is 13.6. The molecule has 0 aromatic carbocycles. The predicted molar refractivity (Wildman–Crippen MR) is 85.7 cm³/mol. The number of nitrogens with zero attached hydrogens (tertiary/aromatic N) is 1. The molecule has 1 aromatic heterocycles. The van der Waals surface area contributed by atoms with Gasteiger partial charge in [-0.2, -0.15) is 0 Å². The largest absolute Gasteiger partial charge is 0.506 e. The molecule has 0 bridgehead atoms. The summed E-state index contributed by atoms with van der Waals surface area (Å²) in [5, 5.41) is 15.4. The number of rotatable bonds is 6. The van der Waals surface area contributed by atoms with Gasteiger partial charge in [0.05, 0.1) is 5.69 Å². The summed E-state index contributed by atoms with van der Waals surface area (Å²) in [7, 11) is 0. The maximum atomic E-state index is 11.4. The van der Waals surface area contributed by atoms with Crippen molar-refractivity contribution in [2.45, 2.75) is 39.8 Å². The summed E-state index contributed by atoms with van der Waals surface area (Å²) < 4.78 is 5.11. The van der Waals surface area contributed by atoms with Crippen LogP contribution in [0.4, 0.5) is 4.79 Å². The Labute approximate surface area is 131 Å². The molecule has 0 radical (unpaired) electrons. The van der Waals surface area contributed by atoms with Crippen molar-refractivity contribution >= 4 is 6.09 Å². The molecule has 122 valence electrons. The van der Waals surface area contributed by atoms with Gasteiger partial charge >= 0.3 is 6.09 Å².